The van der Waals surface area contributed by atoms with Crippen molar-refractivity contribution in [3.05, 3.63) is 11.9 Å². The molecule has 1 aromatic rings. The Morgan fingerprint density at radius 3 is 2.53 bits per heavy atom. The fourth-order valence-electron chi connectivity index (χ4n) is 2.19. The van der Waals surface area contributed by atoms with E-state index in [4.69, 9.17) is 5.73 Å². The molecule has 6 nitrogen and oxygen atoms in total. The molecular weight excluding hydrogens is 242 g/mol. The van der Waals surface area contributed by atoms with E-state index in [9.17, 15) is 4.79 Å². The van der Waals surface area contributed by atoms with Crippen LogP contribution in [0, 0.1) is 17.8 Å². The summed E-state index contributed by atoms with van der Waals surface area (Å²) >= 11 is 0. The molecule has 0 fully saturated rings. The first-order chi connectivity index (χ1) is 8.95. The number of hydrogen-bond donors (Lipinski definition) is 2. The van der Waals surface area contributed by atoms with Gasteiger partial charge in [0, 0.05) is 13.1 Å². The molecule has 1 rings (SSSR count). The van der Waals surface area contributed by atoms with Crippen LogP contribution in [0.2, 0.25) is 0 Å². The van der Waals surface area contributed by atoms with Crippen molar-refractivity contribution in [3.8, 4) is 0 Å². The molecule has 1 amide bonds. The Balaban J connectivity index is 2.54. The predicted molar refractivity (Wildman–Crippen MR) is 74.6 cm³/mol. The number of nitrogens with one attached hydrogen (secondary N) is 1. The van der Waals surface area contributed by atoms with E-state index in [1.54, 1.807) is 10.9 Å². The van der Waals surface area contributed by atoms with Gasteiger partial charge in [0.25, 0.3) is 5.91 Å². The van der Waals surface area contributed by atoms with Crippen LogP contribution in [0.3, 0.4) is 0 Å². The van der Waals surface area contributed by atoms with Crippen LogP contribution in [0.1, 0.15) is 38.2 Å². The van der Waals surface area contributed by atoms with Crippen LogP contribution in [0.4, 0.5) is 0 Å². The van der Waals surface area contributed by atoms with E-state index in [-0.39, 0.29) is 5.91 Å². The Morgan fingerprint density at radius 2 is 2.00 bits per heavy atom. The third kappa shape index (κ3) is 4.63. The Hall–Kier alpha value is -1.43. The molecule has 0 aliphatic rings. The van der Waals surface area contributed by atoms with Gasteiger partial charge in [0.2, 0.25) is 0 Å². The molecule has 0 aliphatic carbocycles. The zero-order valence-corrected chi connectivity index (χ0v) is 12.3. The highest BCUT2D eigenvalue weighted by Crippen LogP contribution is 2.19. The van der Waals surface area contributed by atoms with Crippen LogP contribution >= 0.6 is 0 Å². The topological polar surface area (TPSA) is 85.8 Å². The number of rotatable bonds is 7. The van der Waals surface area contributed by atoms with Crippen molar-refractivity contribution >= 4 is 5.91 Å². The standard InChI is InChI=1S/C13H25N5O/c1-9(2)11(10(3)4)7-15-13(19)12-8-18(6-5-14)17-16-12/h8-11H,5-7,14H2,1-4H3,(H,15,19). The molecular formula is C13H25N5O. The first-order valence-electron chi connectivity index (χ1n) is 6.84. The van der Waals surface area contributed by atoms with E-state index in [0.717, 1.165) is 0 Å². The molecule has 1 aromatic heterocycles. The molecule has 0 unspecified atom stereocenters. The molecule has 0 aromatic carbocycles. The van der Waals surface area contributed by atoms with E-state index < -0.39 is 0 Å². The van der Waals surface area contributed by atoms with E-state index in [1.807, 2.05) is 0 Å². The van der Waals surface area contributed by atoms with Gasteiger partial charge in [0.15, 0.2) is 5.69 Å². The summed E-state index contributed by atoms with van der Waals surface area (Å²) in [5.41, 5.74) is 5.77. The summed E-state index contributed by atoms with van der Waals surface area (Å²) in [6.07, 6.45) is 1.63. The van der Waals surface area contributed by atoms with Crippen molar-refractivity contribution in [3.63, 3.8) is 0 Å². The van der Waals surface area contributed by atoms with E-state index in [1.165, 1.54) is 0 Å². The third-order valence-electron chi connectivity index (χ3n) is 3.34. The number of hydrogen-bond acceptors (Lipinski definition) is 4. The lowest BCUT2D eigenvalue weighted by atomic mass is 9.85. The highest BCUT2D eigenvalue weighted by atomic mass is 16.2. The average molecular weight is 267 g/mol. The SMILES string of the molecule is CC(C)C(CNC(=O)c1cn(CCN)nn1)C(C)C. The molecule has 108 valence electrons. The van der Waals surface area contributed by atoms with Gasteiger partial charge in [-0.25, -0.2) is 0 Å². The summed E-state index contributed by atoms with van der Waals surface area (Å²) in [5.74, 6) is 1.36. The number of carbonyl (C=O) groups is 1. The number of aromatic nitrogens is 3. The second-order valence-corrected chi connectivity index (χ2v) is 5.52. The molecule has 0 spiro atoms. The lowest BCUT2D eigenvalue weighted by Crippen LogP contribution is -2.34. The van der Waals surface area contributed by atoms with Crippen LogP contribution in [0.25, 0.3) is 0 Å². The largest absolute Gasteiger partial charge is 0.350 e. The van der Waals surface area contributed by atoms with Crippen LogP contribution in [-0.4, -0.2) is 34.0 Å². The van der Waals surface area contributed by atoms with Gasteiger partial charge in [0.05, 0.1) is 12.7 Å². The van der Waals surface area contributed by atoms with Crippen molar-refractivity contribution < 1.29 is 4.79 Å². The highest BCUT2D eigenvalue weighted by molar-refractivity contribution is 5.91. The fourth-order valence-corrected chi connectivity index (χ4v) is 2.19. The summed E-state index contributed by atoms with van der Waals surface area (Å²) in [6, 6.07) is 0. The monoisotopic (exact) mass is 267 g/mol. The molecule has 0 saturated carbocycles. The Morgan fingerprint density at radius 1 is 1.37 bits per heavy atom. The molecule has 0 radical (unpaired) electrons. The molecule has 0 saturated heterocycles. The van der Waals surface area contributed by atoms with Crippen LogP contribution in [-0.2, 0) is 6.54 Å². The molecule has 6 heteroatoms. The Bertz CT molecular complexity index is 391. The predicted octanol–water partition coefficient (Wildman–Crippen LogP) is 0.895. The highest BCUT2D eigenvalue weighted by Gasteiger charge is 2.19. The first-order valence-corrected chi connectivity index (χ1v) is 6.84. The van der Waals surface area contributed by atoms with Crippen molar-refractivity contribution in [2.45, 2.75) is 34.2 Å². The van der Waals surface area contributed by atoms with Crippen molar-refractivity contribution in [1.29, 1.82) is 0 Å². The Labute approximate surface area is 114 Å². The van der Waals surface area contributed by atoms with Gasteiger partial charge in [-0.2, -0.15) is 0 Å². The minimum atomic E-state index is -0.172. The zero-order chi connectivity index (χ0) is 14.4. The maximum absolute atomic E-state index is 12.0. The summed E-state index contributed by atoms with van der Waals surface area (Å²) in [4.78, 5) is 12.0. The van der Waals surface area contributed by atoms with E-state index >= 15 is 0 Å². The summed E-state index contributed by atoms with van der Waals surface area (Å²) < 4.78 is 1.58. The van der Waals surface area contributed by atoms with E-state index in [2.05, 4.69) is 43.3 Å². The third-order valence-corrected chi connectivity index (χ3v) is 3.34. The number of amides is 1. The van der Waals surface area contributed by atoms with Gasteiger partial charge in [-0.05, 0) is 17.8 Å². The first kappa shape index (κ1) is 15.6. The summed E-state index contributed by atoms with van der Waals surface area (Å²) in [7, 11) is 0. The van der Waals surface area contributed by atoms with Crippen LogP contribution in [0.5, 0.6) is 0 Å². The molecule has 0 bridgehead atoms. The van der Waals surface area contributed by atoms with Crippen molar-refractivity contribution in [2.75, 3.05) is 13.1 Å². The maximum atomic E-state index is 12.0. The lowest BCUT2D eigenvalue weighted by Gasteiger charge is -2.24. The lowest BCUT2D eigenvalue weighted by molar-refractivity contribution is 0.0932. The quantitative estimate of drug-likeness (QED) is 0.768. The van der Waals surface area contributed by atoms with E-state index in [0.29, 0.717) is 43.1 Å². The summed E-state index contributed by atoms with van der Waals surface area (Å²) in [6.45, 7) is 10.4. The van der Waals surface area contributed by atoms with Gasteiger partial charge >= 0.3 is 0 Å². The zero-order valence-electron chi connectivity index (χ0n) is 12.3. The van der Waals surface area contributed by atoms with Gasteiger partial charge in [0.1, 0.15) is 0 Å². The van der Waals surface area contributed by atoms with Crippen LogP contribution < -0.4 is 11.1 Å². The van der Waals surface area contributed by atoms with Gasteiger partial charge in [-0.1, -0.05) is 32.9 Å². The Kier molecular flexibility index (Phi) is 5.95. The number of carbonyl (C=O) groups excluding carboxylic acids is 1. The van der Waals surface area contributed by atoms with Gasteiger partial charge in [-0.15, -0.1) is 5.10 Å². The van der Waals surface area contributed by atoms with Crippen LogP contribution in [0.15, 0.2) is 6.20 Å². The summed E-state index contributed by atoms with van der Waals surface area (Å²) in [5, 5.41) is 10.6. The number of nitrogens with two attached hydrogens (primary N) is 1. The van der Waals surface area contributed by atoms with Crippen molar-refractivity contribution in [1.82, 2.24) is 20.3 Å². The average Bonchev–Trinajstić information content (AvgIpc) is 2.77. The second kappa shape index (κ2) is 7.23. The molecule has 0 aliphatic heterocycles. The maximum Gasteiger partial charge on any atom is 0.273 e. The minimum absolute atomic E-state index is 0.172. The fraction of sp³-hybridized carbons (Fsp3) is 0.769. The smallest absolute Gasteiger partial charge is 0.273 e. The second-order valence-electron chi connectivity index (χ2n) is 5.52. The minimum Gasteiger partial charge on any atom is -0.350 e. The van der Waals surface area contributed by atoms with Gasteiger partial charge < -0.3 is 11.1 Å². The molecule has 3 N–H and O–H groups in total. The van der Waals surface area contributed by atoms with Crippen molar-refractivity contribution in [2.24, 2.45) is 23.5 Å². The van der Waals surface area contributed by atoms with Gasteiger partial charge in [-0.3, -0.25) is 9.48 Å². The number of nitrogens with zero attached hydrogens (tertiary/aromatic N) is 3. The molecule has 0 atom stereocenters. The molecule has 1 heterocycles. The normalized spacial score (nSPS) is 11.6. The molecule has 19 heavy (non-hydrogen) atoms.